The molecule has 1 aliphatic heterocycles. The van der Waals surface area contributed by atoms with Gasteiger partial charge in [0.2, 0.25) is 5.91 Å². The lowest BCUT2D eigenvalue weighted by molar-refractivity contribution is -0.136. The van der Waals surface area contributed by atoms with Crippen molar-refractivity contribution in [2.45, 2.75) is 45.1 Å². The van der Waals surface area contributed by atoms with Crippen molar-refractivity contribution >= 4 is 5.91 Å². The van der Waals surface area contributed by atoms with Crippen LogP contribution in [0.4, 0.5) is 0 Å². The molecule has 0 bridgehead atoms. The Bertz CT molecular complexity index is 835. The second kappa shape index (κ2) is 8.03. The molecule has 0 radical (unpaired) electrons. The lowest BCUT2D eigenvalue weighted by Gasteiger charge is -2.33. The molecule has 2 aromatic rings. The van der Waals surface area contributed by atoms with Gasteiger partial charge in [-0.3, -0.25) is 19.1 Å². The molecule has 2 aliphatic rings. The zero-order chi connectivity index (χ0) is 18.6. The van der Waals surface area contributed by atoms with Crippen LogP contribution in [0.3, 0.4) is 0 Å². The molecule has 1 saturated heterocycles. The zero-order valence-electron chi connectivity index (χ0n) is 15.6. The fourth-order valence-electron chi connectivity index (χ4n) is 4.28. The van der Waals surface area contributed by atoms with Gasteiger partial charge in [-0.25, -0.2) is 4.98 Å². The number of carbonyl (C=O) groups excluding carboxylic acids is 1. The van der Waals surface area contributed by atoms with Crippen molar-refractivity contribution < 1.29 is 4.79 Å². The number of nitrogens with zero attached hydrogens (tertiary/aromatic N) is 4. The van der Waals surface area contributed by atoms with Gasteiger partial charge in [0.05, 0.1) is 12.0 Å². The largest absolute Gasteiger partial charge is 0.342 e. The van der Waals surface area contributed by atoms with Crippen LogP contribution in [0.2, 0.25) is 0 Å². The maximum atomic E-state index is 12.5. The predicted octanol–water partition coefficient (Wildman–Crippen LogP) is 2.73. The maximum absolute atomic E-state index is 12.5. The first-order valence-corrected chi connectivity index (χ1v) is 9.96. The Balaban J connectivity index is 1.35. The van der Waals surface area contributed by atoms with Crippen LogP contribution in [-0.2, 0) is 11.3 Å². The molecule has 2 fully saturated rings. The van der Waals surface area contributed by atoms with E-state index in [1.165, 1.54) is 12.8 Å². The molecule has 0 N–H and O–H groups in total. The number of piperidine rings is 1. The Morgan fingerprint density at radius 2 is 1.93 bits per heavy atom. The van der Waals surface area contributed by atoms with Crippen molar-refractivity contribution in [3.8, 4) is 11.3 Å². The molecule has 142 valence electrons. The van der Waals surface area contributed by atoms with E-state index in [1.807, 2.05) is 17.0 Å². The summed E-state index contributed by atoms with van der Waals surface area (Å²) in [6.07, 6.45) is 11.5. The average molecular weight is 366 g/mol. The van der Waals surface area contributed by atoms with E-state index in [0.717, 1.165) is 44.3 Å². The Morgan fingerprint density at radius 3 is 2.59 bits per heavy atom. The van der Waals surface area contributed by atoms with Crippen molar-refractivity contribution in [1.29, 1.82) is 0 Å². The van der Waals surface area contributed by atoms with Gasteiger partial charge in [0, 0.05) is 49.6 Å². The molecule has 0 spiro atoms. The summed E-state index contributed by atoms with van der Waals surface area (Å²) in [4.78, 5) is 35.6. The Hall–Kier alpha value is -2.50. The number of amides is 1. The first-order valence-electron chi connectivity index (χ1n) is 9.96. The van der Waals surface area contributed by atoms with E-state index in [1.54, 1.807) is 29.4 Å². The topological polar surface area (TPSA) is 68.1 Å². The van der Waals surface area contributed by atoms with Crippen LogP contribution in [-0.4, -0.2) is 38.4 Å². The summed E-state index contributed by atoms with van der Waals surface area (Å²) >= 11 is 0. The molecule has 1 saturated carbocycles. The molecular formula is C21H26N4O2. The van der Waals surface area contributed by atoms with Gasteiger partial charge >= 0.3 is 0 Å². The van der Waals surface area contributed by atoms with Crippen molar-refractivity contribution in [3.05, 3.63) is 47.3 Å². The highest BCUT2D eigenvalue weighted by Crippen LogP contribution is 2.28. The van der Waals surface area contributed by atoms with E-state index < -0.39 is 0 Å². The highest BCUT2D eigenvalue weighted by Gasteiger charge is 2.30. The SMILES string of the molecule is O=C(C1CCCC1)N1CCC(Cn2cnc(-c3cccnc3)cc2=O)CC1. The van der Waals surface area contributed by atoms with Gasteiger partial charge in [-0.15, -0.1) is 0 Å². The monoisotopic (exact) mass is 366 g/mol. The van der Waals surface area contributed by atoms with Crippen LogP contribution in [0.5, 0.6) is 0 Å². The molecular weight excluding hydrogens is 340 g/mol. The Kier molecular flexibility index (Phi) is 5.32. The third kappa shape index (κ3) is 4.10. The summed E-state index contributed by atoms with van der Waals surface area (Å²) < 4.78 is 1.69. The van der Waals surface area contributed by atoms with Crippen LogP contribution >= 0.6 is 0 Å². The van der Waals surface area contributed by atoms with E-state index in [-0.39, 0.29) is 11.5 Å². The van der Waals surface area contributed by atoms with E-state index in [9.17, 15) is 9.59 Å². The summed E-state index contributed by atoms with van der Waals surface area (Å²) in [5, 5.41) is 0. The van der Waals surface area contributed by atoms with E-state index in [0.29, 0.717) is 24.1 Å². The summed E-state index contributed by atoms with van der Waals surface area (Å²) in [6.45, 7) is 2.30. The van der Waals surface area contributed by atoms with Crippen LogP contribution in [0.1, 0.15) is 38.5 Å². The minimum Gasteiger partial charge on any atom is -0.342 e. The summed E-state index contributed by atoms with van der Waals surface area (Å²) in [5.41, 5.74) is 1.47. The van der Waals surface area contributed by atoms with Crippen LogP contribution in [0.15, 0.2) is 41.7 Å². The first kappa shape index (κ1) is 17.9. The molecule has 2 aromatic heterocycles. The van der Waals surface area contributed by atoms with Gasteiger partial charge in [-0.1, -0.05) is 12.8 Å². The average Bonchev–Trinajstić information content (AvgIpc) is 3.25. The highest BCUT2D eigenvalue weighted by atomic mass is 16.2. The molecule has 1 aliphatic carbocycles. The predicted molar refractivity (Wildman–Crippen MR) is 103 cm³/mol. The molecule has 6 heteroatoms. The summed E-state index contributed by atoms with van der Waals surface area (Å²) in [7, 11) is 0. The van der Waals surface area contributed by atoms with E-state index in [2.05, 4.69) is 9.97 Å². The molecule has 4 rings (SSSR count). The van der Waals surface area contributed by atoms with Gasteiger partial charge in [-0.05, 0) is 43.7 Å². The Labute approximate surface area is 159 Å². The third-order valence-electron chi connectivity index (χ3n) is 5.92. The zero-order valence-corrected chi connectivity index (χ0v) is 15.6. The smallest absolute Gasteiger partial charge is 0.253 e. The molecule has 0 atom stereocenters. The molecule has 0 aromatic carbocycles. The number of hydrogen-bond donors (Lipinski definition) is 0. The summed E-state index contributed by atoms with van der Waals surface area (Å²) in [5.74, 6) is 1.03. The standard InChI is InChI=1S/C21H26N4O2/c26-20-12-19(18-6-3-9-22-13-18)23-15-25(20)14-16-7-10-24(11-8-16)21(27)17-4-1-2-5-17/h3,6,9,12-13,15-17H,1-2,4-5,7-8,10-11,14H2. The van der Waals surface area contributed by atoms with Crippen LogP contribution in [0, 0.1) is 11.8 Å². The van der Waals surface area contributed by atoms with Crippen molar-refractivity contribution in [2.75, 3.05) is 13.1 Å². The van der Waals surface area contributed by atoms with Gasteiger partial charge in [0.15, 0.2) is 0 Å². The quantitative estimate of drug-likeness (QED) is 0.834. The van der Waals surface area contributed by atoms with E-state index in [4.69, 9.17) is 0 Å². The number of carbonyl (C=O) groups is 1. The van der Waals surface area contributed by atoms with Gasteiger partial charge in [-0.2, -0.15) is 0 Å². The summed E-state index contributed by atoms with van der Waals surface area (Å²) in [6, 6.07) is 5.31. The lowest BCUT2D eigenvalue weighted by Crippen LogP contribution is -2.42. The van der Waals surface area contributed by atoms with Gasteiger partial charge in [0.1, 0.15) is 0 Å². The van der Waals surface area contributed by atoms with Crippen molar-refractivity contribution in [3.63, 3.8) is 0 Å². The lowest BCUT2D eigenvalue weighted by atomic mass is 9.95. The van der Waals surface area contributed by atoms with E-state index >= 15 is 0 Å². The van der Waals surface area contributed by atoms with Crippen molar-refractivity contribution in [2.24, 2.45) is 11.8 Å². The number of rotatable bonds is 4. The third-order valence-corrected chi connectivity index (χ3v) is 5.92. The first-order chi connectivity index (χ1) is 13.2. The number of hydrogen-bond acceptors (Lipinski definition) is 4. The van der Waals surface area contributed by atoms with Crippen LogP contribution in [0.25, 0.3) is 11.3 Å². The molecule has 0 unspecified atom stereocenters. The molecule has 6 nitrogen and oxygen atoms in total. The van der Waals surface area contributed by atoms with Crippen molar-refractivity contribution in [1.82, 2.24) is 19.4 Å². The highest BCUT2D eigenvalue weighted by molar-refractivity contribution is 5.79. The van der Waals surface area contributed by atoms with Gasteiger partial charge < -0.3 is 4.90 Å². The second-order valence-corrected chi connectivity index (χ2v) is 7.76. The normalized spacial score (nSPS) is 18.7. The fourth-order valence-corrected chi connectivity index (χ4v) is 4.28. The van der Waals surface area contributed by atoms with Crippen LogP contribution < -0.4 is 5.56 Å². The van der Waals surface area contributed by atoms with Gasteiger partial charge in [0.25, 0.3) is 5.56 Å². The number of pyridine rings is 1. The molecule has 1 amide bonds. The minimum absolute atomic E-state index is 0.0340. The Morgan fingerprint density at radius 1 is 1.15 bits per heavy atom. The number of likely N-dealkylation sites (tertiary alicyclic amines) is 1. The second-order valence-electron chi connectivity index (χ2n) is 7.76. The molecule has 27 heavy (non-hydrogen) atoms. The maximum Gasteiger partial charge on any atom is 0.253 e. The number of aromatic nitrogens is 3. The molecule has 3 heterocycles. The minimum atomic E-state index is -0.0340. The fraction of sp³-hybridized carbons (Fsp3) is 0.524.